The van der Waals surface area contributed by atoms with Crippen molar-refractivity contribution in [2.24, 2.45) is 0 Å². The summed E-state index contributed by atoms with van der Waals surface area (Å²) < 4.78 is 11.5. The van der Waals surface area contributed by atoms with Gasteiger partial charge in [-0.2, -0.15) is 0 Å². The van der Waals surface area contributed by atoms with E-state index in [0.29, 0.717) is 0 Å². The number of hydrogen-bond donors (Lipinski definition) is 1. The highest BCUT2D eigenvalue weighted by molar-refractivity contribution is 7.71. The molecule has 0 spiro atoms. The molecule has 1 aromatic carbocycles. The first kappa shape index (κ1) is 11.7. The predicted molar refractivity (Wildman–Crippen MR) is 70.2 cm³/mol. The number of H-pyrrole nitrogens is 1. The molecule has 4 heteroatoms. The van der Waals surface area contributed by atoms with Gasteiger partial charge in [0.25, 0.3) is 0 Å². The lowest BCUT2D eigenvalue weighted by atomic mass is 10.1. The van der Waals surface area contributed by atoms with Crippen molar-refractivity contribution in [3.05, 3.63) is 41.0 Å². The van der Waals surface area contributed by atoms with Crippen LogP contribution in [-0.4, -0.2) is 19.2 Å². The van der Waals surface area contributed by atoms with E-state index in [-0.39, 0.29) is 0 Å². The zero-order chi connectivity index (χ0) is 12.3. The average Bonchev–Trinajstić information content (AvgIpc) is 2.37. The molecule has 17 heavy (non-hydrogen) atoms. The van der Waals surface area contributed by atoms with Gasteiger partial charge in [-0.05, 0) is 24.3 Å². The van der Waals surface area contributed by atoms with Crippen LogP contribution in [0.2, 0.25) is 0 Å². The van der Waals surface area contributed by atoms with Crippen LogP contribution in [0.4, 0.5) is 0 Å². The van der Waals surface area contributed by atoms with Gasteiger partial charge in [-0.15, -0.1) is 0 Å². The van der Waals surface area contributed by atoms with Crippen molar-refractivity contribution in [2.75, 3.05) is 14.2 Å². The number of ether oxygens (including phenoxy) is 2. The highest BCUT2D eigenvalue weighted by Crippen LogP contribution is 2.36. The lowest BCUT2D eigenvalue weighted by molar-refractivity contribution is 0.397. The molecule has 3 nitrogen and oxygen atoms in total. The zero-order valence-corrected chi connectivity index (χ0v) is 10.5. The van der Waals surface area contributed by atoms with Crippen LogP contribution in [0.1, 0.15) is 0 Å². The summed E-state index contributed by atoms with van der Waals surface area (Å²) in [5.41, 5.74) is 1.76. The number of aromatic amines is 1. The molecule has 0 aliphatic heterocycles. The third kappa shape index (κ3) is 2.31. The number of benzene rings is 1. The molecule has 1 N–H and O–H groups in total. The summed E-state index contributed by atoms with van der Waals surface area (Å²) in [6.07, 6.45) is 1.81. The molecule has 2 aromatic rings. The summed E-state index contributed by atoms with van der Waals surface area (Å²) in [7, 11) is 3.27. The summed E-state index contributed by atoms with van der Waals surface area (Å²) in [6.45, 7) is 0. The summed E-state index contributed by atoms with van der Waals surface area (Å²) in [5, 5.41) is 0. The van der Waals surface area contributed by atoms with Gasteiger partial charge in [0.2, 0.25) is 0 Å². The van der Waals surface area contributed by atoms with E-state index in [1.807, 2.05) is 36.5 Å². The van der Waals surface area contributed by atoms with E-state index >= 15 is 0 Å². The minimum Gasteiger partial charge on any atom is -0.496 e. The van der Waals surface area contributed by atoms with Crippen molar-refractivity contribution >= 4 is 12.2 Å². The van der Waals surface area contributed by atoms with Gasteiger partial charge < -0.3 is 14.5 Å². The fraction of sp³-hybridized carbons (Fsp3) is 0.154. The third-order valence-electron chi connectivity index (χ3n) is 2.47. The normalized spacial score (nSPS) is 10.0. The molecule has 0 aliphatic carbocycles. The second-order valence-corrected chi connectivity index (χ2v) is 3.95. The topological polar surface area (TPSA) is 34.2 Å². The van der Waals surface area contributed by atoms with Crippen LogP contribution < -0.4 is 9.47 Å². The molecular weight excluding hydrogens is 234 g/mol. The molecule has 88 valence electrons. The molecule has 0 fully saturated rings. The molecule has 0 amide bonds. The molecule has 0 unspecified atom stereocenters. The number of hydrogen-bond acceptors (Lipinski definition) is 3. The second kappa shape index (κ2) is 5.01. The maximum absolute atomic E-state index is 5.35. The van der Waals surface area contributed by atoms with Crippen molar-refractivity contribution in [1.29, 1.82) is 0 Å². The van der Waals surface area contributed by atoms with E-state index in [2.05, 4.69) is 4.98 Å². The SMILES string of the molecule is COc1cccc(OC)c1-c1cc(=S)cc[nH]1. The van der Waals surface area contributed by atoms with Crippen LogP contribution in [0.3, 0.4) is 0 Å². The highest BCUT2D eigenvalue weighted by atomic mass is 32.1. The largest absolute Gasteiger partial charge is 0.496 e. The van der Waals surface area contributed by atoms with Crippen LogP contribution >= 0.6 is 12.2 Å². The van der Waals surface area contributed by atoms with E-state index in [4.69, 9.17) is 21.7 Å². The van der Waals surface area contributed by atoms with Crippen molar-refractivity contribution in [2.45, 2.75) is 0 Å². The van der Waals surface area contributed by atoms with Crippen molar-refractivity contribution in [3.63, 3.8) is 0 Å². The van der Waals surface area contributed by atoms with Gasteiger partial charge in [-0.1, -0.05) is 18.3 Å². The molecule has 0 bridgehead atoms. The minimum absolute atomic E-state index is 0.751. The van der Waals surface area contributed by atoms with Gasteiger partial charge >= 0.3 is 0 Å². The first-order chi connectivity index (χ1) is 8.26. The van der Waals surface area contributed by atoms with Gasteiger partial charge in [0, 0.05) is 10.7 Å². The summed E-state index contributed by atoms with van der Waals surface area (Å²) in [4.78, 5) is 3.15. The van der Waals surface area contributed by atoms with E-state index < -0.39 is 0 Å². The van der Waals surface area contributed by atoms with Crippen molar-refractivity contribution in [1.82, 2.24) is 4.98 Å². The molecule has 2 rings (SSSR count). The fourth-order valence-electron chi connectivity index (χ4n) is 1.71. The van der Waals surface area contributed by atoms with Crippen molar-refractivity contribution < 1.29 is 9.47 Å². The molecule has 0 saturated heterocycles. The van der Waals surface area contributed by atoms with E-state index in [1.54, 1.807) is 14.2 Å². The van der Waals surface area contributed by atoms with E-state index in [1.165, 1.54) is 0 Å². The van der Waals surface area contributed by atoms with Gasteiger partial charge in [0.15, 0.2) is 0 Å². The fourth-order valence-corrected chi connectivity index (χ4v) is 1.89. The maximum Gasteiger partial charge on any atom is 0.131 e. The standard InChI is InChI=1S/C13H13NO2S/c1-15-11-4-3-5-12(16-2)13(11)10-8-9(17)6-7-14-10/h3-8H,1-2H3,(H,14,17). The molecule has 0 radical (unpaired) electrons. The second-order valence-electron chi connectivity index (χ2n) is 3.48. The zero-order valence-electron chi connectivity index (χ0n) is 9.69. The van der Waals surface area contributed by atoms with Gasteiger partial charge in [-0.3, -0.25) is 0 Å². The molecule has 0 saturated carbocycles. The number of nitrogens with one attached hydrogen (secondary N) is 1. The molecule has 0 aliphatic rings. The third-order valence-corrected chi connectivity index (χ3v) is 2.72. The molecule has 1 aromatic heterocycles. The van der Waals surface area contributed by atoms with Crippen molar-refractivity contribution in [3.8, 4) is 22.8 Å². The monoisotopic (exact) mass is 247 g/mol. The molecular formula is C13H13NO2S. The number of pyridine rings is 1. The van der Waals surface area contributed by atoms with Crippen LogP contribution in [-0.2, 0) is 0 Å². The Labute approximate surface area is 105 Å². The van der Waals surface area contributed by atoms with E-state index in [9.17, 15) is 0 Å². The Balaban J connectivity index is 2.68. The van der Waals surface area contributed by atoms with Gasteiger partial charge in [-0.25, -0.2) is 0 Å². The van der Waals surface area contributed by atoms with Crippen LogP contribution in [0.25, 0.3) is 11.3 Å². The summed E-state index contributed by atoms with van der Waals surface area (Å²) in [5.74, 6) is 1.50. The maximum atomic E-state index is 5.35. The highest BCUT2D eigenvalue weighted by Gasteiger charge is 2.12. The first-order valence-electron chi connectivity index (χ1n) is 5.16. The smallest absolute Gasteiger partial charge is 0.131 e. The Morgan fingerprint density at radius 3 is 2.24 bits per heavy atom. The van der Waals surface area contributed by atoms with Crippen LogP contribution in [0.5, 0.6) is 11.5 Å². The lowest BCUT2D eigenvalue weighted by Crippen LogP contribution is -1.94. The number of methoxy groups -OCH3 is 2. The van der Waals surface area contributed by atoms with Crippen LogP contribution in [0.15, 0.2) is 36.5 Å². The van der Waals surface area contributed by atoms with Gasteiger partial charge in [0.05, 0.1) is 25.5 Å². The molecule has 1 heterocycles. The Hall–Kier alpha value is -1.81. The average molecular weight is 247 g/mol. The Bertz CT molecular complexity index is 555. The van der Waals surface area contributed by atoms with E-state index in [0.717, 1.165) is 27.3 Å². The Kier molecular flexibility index (Phi) is 3.44. The number of aromatic nitrogens is 1. The summed E-state index contributed by atoms with van der Waals surface area (Å²) >= 11 is 5.16. The predicted octanol–water partition coefficient (Wildman–Crippen LogP) is 3.43. The van der Waals surface area contributed by atoms with Crippen LogP contribution in [0, 0.1) is 4.51 Å². The number of rotatable bonds is 3. The summed E-state index contributed by atoms with van der Waals surface area (Å²) in [6, 6.07) is 9.39. The Morgan fingerprint density at radius 2 is 1.71 bits per heavy atom. The lowest BCUT2D eigenvalue weighted by Gasteiger charge is -2.12. The first-order valence-corrected chi connectivity index (χ1v) is 5.57. The minimum atomic E-state index is 0.751. The van der Waals surface area contributed by atoms with Gasteiger partial charge in [0.1, 0.15) is 11.5 Å². The quantitative estimate of drug-likeness (QED) is 0.844. The Morgan fingerprint density at radius 1 is 1.06 bits per heavy atom. The molecule has 0 atom stereocenters.